The van der Waals surface area contributed by atoms with Gasteiger partial charge in [0.25, 0.3) is 0 Å². The lowest BCUT2D eigenvalue weighted by molar-refractivity contribution is -0.174. The molecule has 3 atom stereocenters. The summed E-state index contributed by atoms with van der Waals surface area (Å²) < 4.78 is 7.88. The van der Waals surface area contributed by atoms with E-state index in [0.717, 1.165) is 18.9 Å². The molecule has 1 aromatic rings. The first-order chi connectivity index (χ1) is 9.17. The third kappa shape index (κ3) is 1.99. The van der Waals surface area contributed by atoms with Gasteiger partial charge in [-0.15, -0.1) is 10.2 Å². The molecule has 5 nitrogen and oxygen atoms in total. The van der Waals surface area contributed by atoms with E-state index in [1.165, 1.54) is 19.3 Å². The smallest absolute Gasteiger partial charge is 0.149 e. The van der Waals surface area contributed by atoms with Crippen LogP contribution in [0.2, 0.25) is 0 Å². The number of ether oxygens (including phenoxy) is 1. The highest BCUT2D eigenvalue weighted by atomic mass is 16.5. The summed E-state index contributed by atoms with van der Waals surface area (Å²) >= 11 is 0. The molecular formula is C14H24N4O. The van der Waals surface area contributed by atoms with E-state index >= 15 is 0 Å². The molecule has 2 fully saturated rings. The summed E-state index contributed by atoms with van der Waals surface area (Å²) in [6, 6.07) is 0.821. The van der Waals surface area contributed by atoms with Crippen LogP contribution in [-0.4, -0.2) is 33.5 Å². The minimum Gasteiger partial charge on any atom is -0.378 e. The highest BCUT2D eigenvalue weighted by Crippen LogP contribution is 2.57. The summed E-state index contributed by atoms with van der Waals surface area (Å²) in [6.45, 7) is 5.09. The first-order valence-electron chi connectivity index (χ1n) is 7.39. The number of hydrogen-bond donors (Lipinski definition) is 1. The van der Waals surface area contributed by atoms with Crippen LogP contribution in [0.3, 0.4) is 0 Å². The molecule has 3 unspecified atom stereocenters. The summed E-state index contributed by atoms with van der Waals surface area (Å²) in [7, 11) is 2.00. The fraction of sp³-hybridized carbons (Fsp3) is 0.857. The highest BCUT2D eigenvalue weighted by Gasteiger charge is 2.58. The maximum atomic E-state index is 5.89. The second-order valence-corrected chi connectivity index (χ2v) is 6.01. The Labute approximate surface area is 114 Å². The third-order valence-electron chi connectivity index (χ3n) is 5.02. The predicted molar refractivity (Wildman–Crippen MR) is 72.7 cm³/mol. The number of aromatic nitrogens is 3. The Kier molecular flexibility index (Phi) is 3.35. The van der Waals surface area contributed by atoms with Crippen molar-refractivity contribution < 1.29 is 4.74 Å². The largest absolute Gasteiger partial charge is 0.378 e. The van der Waals surface area contributed by atoms with E-state index in [1.807, 2.05) is 11.6 Å². The van der Waals surface area contributed by atoms with E-state index in [9.17, 15) is 0 Å². The van der Waals surface area contributed by atoms with Crippen molar-refractivity contribution in [2.75, 3.05) is 6.61 Å². The standard InChI is InChI=1S/C14H24N4O/c1-4-19-12-8-11(14(12)6-5-7-14)16-10(2)13-17-15-9-18(13)3/h9-12,16H,4-8H2,1-3H3. The summed E-state index contributed by atoms with van der Waals surface area (Å²) in [6.07, 6.45) is 7.32. The summed E-state index contributed by atoms with van der Waals surface area (Å²) in [5.41, 5.74) is 0.406. The van der Waals surface area contributed by atoms with E-state index in [-0.39, 0.29) is 6.04 Å². The minimum atomic E-state index is 0.248. The summed E-state index contributed by atoms with van der Waals surface area (Å²) in [4.78, 5) is 0. The van der Waals surface area contributed by atoms with Gasteiger partial charge in [-0.25, -0.2) is 0 Å². The van der Waals surface area contributed by atoms with Crippen LogP contribution in [0.5, 0.6) is 0 Å². The molecule has 0 saturated heterocycles. The van der Waals surface area contributed by atoms with Crippen molar-refractivity contribution in [2.24, 2.45) is 12.5 Å². The van der Waals surface area contributed by atoms with Gasteiger partial charge in [0.2, 0.25) is 0 Å². The van der Waals surface area contributed by atoms with E-state index < -0.39 is 0 Å². The van der Waals surface area contributed by atoms with Crippen molar-refractivity contribution >= 4 is 0 Å². The molecule has 1 spiro atoms. The average molecular weight is 264 g/mol. The zero-order valence-corrected chi connectivity index (χ0v) is 12.1. The Morgan fingerprint density at radius 3 is 2.89 bits per heavy atom. The van der Waals surface area contributed by atoms with Gasteiger partial charge >= 0.3 is 0 Å². The SMILES string of the molecule is CCOC1CC(NC(C)c2nncn2C)C12CCC2. The molecule has 2 aliphatic rings. The molecule has 2 saturated carbocycles. The molecule has 2 aliphatic carbocycles. The van der Waals surface area contributed by atoms with Crippen molar-refractivity contribution in [3.63, 3.8) is 0 Å². The Bertz CT molecular complexity index is 440. The molecule has 1 heterocycles. The molecule has 0 amide bonds. The topological polar surface area (TPSA) is 52.0 Å². The van der Waals surface area contributed by atoms with Crippen LogP contribution in [0, 0.1) is 5.41 Å². The second-order valence-electron chi connectivity index (χ2n) is 6.01. The Morgan fingerprint density at radius 2 is 2.37 bits per heavy atom. The Hall–Kier alpha value is -0.940. The van der Waals surface area contributed by atoms with Gasteiger partial charge in [-0.3, -0.25) is 0 Å². The monoisotopic (exact) mass is 264 g/mol. The molecule has 19 heavy (non-hydrogen) atoms. The van der Waals surface area contributed by atoms with Gasteiger partial charge in [-0.1, -0.05) is 6.42 Å². The van der Waals surface area contributed by atoms with Gasteiger partial charge in [0, 0.05) is 25.1 Å². The summed E-state index contributed by atoms with van der Waals surface area (Å²) in [5, 5.41) is 11.9. The minimum absolute atomic E-state index is 0.248. The molecule has 5 heteroatoms. The lowest BCUT2D eigenvalue weighted by Crippen LogP contribution is -2.67. The third-order valence-corrected chi connectivity index (χ3v) is 5.02. The highest BCUT2D eigenvalue weighted by molar-refractivity contribution is 5.13. The van der Waals surface area contributed by atoms with E-state index in [4.69, 9.17) is 4.74 Å². The predicted octanol–water partition coefficient (Wildman–Crippen LogP) is 1.81. The number of aryl methyl sites for hydroxylation is 1. The Balaban J connectivity index is 1.63. The molecule has 0 bridgehead atoms. The average Bonchev–Trinajstić information content (AvgIpc) is 2.71. The molecule has 1 N–H and O–H groups in total. The number of nitrogens with one attached hydrogen (secondary N) is 1. The van der Waals surface area contributed by atoms with Crippen LogP contribution in [-0.2, 0) is 11.8 Å². The fourth-order valence-electron chi connectivity index (χ4n) is 3.73. The van der Waals surface area contributed by atoms with Crippen molar-refractivity contribution in [1.29, 1.82) is 0 Å². The van der Waals surface area contributed by atoms with Gasteiger partial charge < -0.3 is 14.6 Å². The fourth-order valence-corrected chi connectivity index (χ4v) is 3.73. The Morgan fingerprint density at radius 1 is 1.58 bits per heavy atom. The van der Waals surface area contributed by atoms with E-state index in [2.05, 4.69) is 29.4 Å². The van der Waals surface area contributed by atoms with Crippen LogP contribution in [0.15, 0.2) is 6.33 Å². The molecule has 3 rings (SSSR count). The maximum Gasteiger partial charge on any atom is 0.149 e. The van der Waals surface area contributed by atoms with Gasteiger partial charge in [0.05, 0.1) is 12.1 Å². The van der Waals surface area contributed by atoms with Crippen LogP contribution in [0.25, 0.3) is 0 Å². The van der Waals surface area contributed by atoms with Crippen molar-refractivity contribution in [3.8, 4) is 0 Å². The number of nitrogens with zero attached hydrogens (tertiary/aromatic N) is 3. The first kappa shape index (κ1) is 13.1. The van der Waals surface area contributed by atoms with Crippen molar-refractivity contribution in [1.82, 2.24) is 20.1 Å². The maximum absolute atomic E-state index is 5.89. The molecule has 0 aromatic carbocycles. The van der Waals surface area contributed by atoms with Crippen molar-refractivity contribution in [2.45, 2.75) is 57.7 Å². The van der Waals surface area contributed by atoms with Crippen LogP contribution in [0.4, 0.5) is 0 Å². The quantitative estimate of drug-likeness (QED) is 0.881. The molecule has 0 radical (unpaired) electrons. The van der Waals surface area contributed by atoms with Crippen LogP contribution >= 0.6 is 0 Å². The molecule has 1 aromatic heterocycles. The van der Waals surface area contributed by atoms with Gasteiger partial charge in [-0.2, -0.15) is 0 Å². The van der Waals surface area contributed by atoms with Crippen LogP contribution in [0.1, 0.15) is 51.4 Å². The summed E-state index contributed by atoms with van der Waals surface area (Å²) in [5.74, 6) is 1.01. The van der Waals surface area contributed by atoms with Crippen LogP contribution < -0.4 is 5.32 Å². The lowest BCUT2D eigenvalue weighted by atomic mass is 9.51. The lowest BCUT2D eigenvalue weighted by Gasteiger charge is -2.61. The normalized spacial score (nSPS) is 29.8. The van der Waals surface area contributed by atoms with Crippen molar-refractivity contribution in [3.05, 3.63) is 12.2 Å². The van der Waals surface area contributed by atoms with Gasteiger partial charge in [0.15, 0.2) is 0 Å². The van der Waals surface area contributed by atoms with Gasteiger partial charge in [-0.05, 0) is 33.1 Å². The zero-order chi connectivity index (χ0) is 13.5. The molecule has 106 valence electrons. The number of hydrogen-bond acceptors (Lipinski definition) is 4. The van der Waals surface area contributed by atoms with E-state index in [0.29, 0.717) is 17.6 Å². The number of rotatable bonds is 5. The second kappa shape index (κ2) is 4.87. The molecule has 0 aliphatic heterocycles. The van der Waals surface area contributed by atoms with Gasteiger partial charge in [0.1, 0.15) is 12.2 Å². The first-order valence-corrected chi connectivity index (χ1v) is 7.39. The zero-order valence-electron chi connectivity index (χ0n) is 12.1. The molecular weight excluding hydrogens is 240 g/mol. The van der Waals surface area contributed by atoms with E-state index in [1.54, 1.807) is 6.33 Å².